The average molecular weight is 630 g/mol. The van der Waals surface area contributed by atoms with E-state index < -0.39 is 51.7 Å². The summed E-state index contributed by atoms with van der Waals surface area (Å²) in [6.45, 7) is 34.9. The topological polar surface area (TPSA) is 24.7 Å². The molecule has 0 aliphatic carbocycles. The van der Waals surface area contributed by atoms with Gasteiger partial charge in [0.1, 0.15) is 0 Å². The van der Waals surface area contributed by atoms with Crippen molar-refractivity contribution in [2.45, 2.75) is 125 Å². The molecule has 7 heteroatoms. The van der Waals surface area contributed by atoms with Gasteiger partial charge in [0.2, 0.25) is 0 Å². The molecule has 2 atom stereocenters. The molecule has 1 aromatic rings. The van der Waals surface area contributed by atoms with Gasteiger partial charge in [-0.3, -0.25) is 0 Å². The van der Waals surface area contributed by atoms with E-state index in [1.807, 2.05) is 0 Å². The van der Waals surface area contributed by atoms with Crippen LogP contribution in [0.1, 0.15) is 73.9 Å². The number of benzene rings is 1. The maximum absolute atomic E-state index is 5.98. The molecule has 0 saturated heterocycles. The Hall–Kier alpha value is 0.912. The molecular weight excluding hydrogens is 577 g/mol. The Labute approximate surface area is 219 Å². The minimum absolute atomic E-state index is 0.668. The average Bonchev–Trinajstić information content (AvgIpc) is 3.01. The Balaban J connectivity index is 2.95. The molecule has 0 aromatic heterocycles. The van der Waals surface area contributed by atoms with Gasteiger partial charge in [0.25, 0.3) is 0 Å². The molecule has 0 N–H and O–H groups in total. The molecule has 0 bridgehead atoms. The van der Waals surface area contributed by atoms with Crippen molar-refractivity contribution in [2.75, 3.05) is 0 Å². The second-order valence-corrected chi connectivity index (χ2v) is 38.7. The van der Waals surface area contributed by atoms with E-state index in [1.54, 1.807) is 11.1 Å². The second-order valence-electron chi connectivity index (χ2n) is 13.1. The summed E-state index contributed by atoms with van der Waals surface area (Å²) >= 11 is -0.829. The second kappa shape index (κ2) is 10.7. The molecule has 2 radical (unpaired) electrons. The van der Waals surface area contributed by atoms with E-state index in [0.29, 0.717) is 22.6 Å². The third-order valence-corrected chi connectivity index (χ3v) is 36.0. The molecule has 1 aliphatic heterocycles. The van der Waals surface area contributed by atoms with E-state index >= 15 is 0 Å². The van der Waals surface area contributed by atoms with E-state index in [1.165, 1.54) is 0 Å². The number of fused-ring (bicyclic) bond motifs is 1. The van der Waals surface area contributed by atoms with Crippen LogP contribution in [0.5, 0.6) is 0 Å². The van der Waals surface area contributed by atoms with Crippen LogP contribution in [0.25, 0.3) is 0 Å². The van der Waals surface area contributed by atoms with Gasteiger partial charge < -0.3 is 0 Å². The van der Waals surface area contributed by atoms with E-state index in [4.69, 9.17) is 8.82 Å². The van der Waals surface area contributed by atoms with Gasteiger partial charge in [-0.15, -0.1) is 0 Å². The molecule has 0 spiro atoms. The zero-order valence-corrected chi connectivity index (χ0v) is 30.7. The fourth-order valence-corrected chi connectivity index (χ4v) is 49.0. The Morgan fingerprint density at radius 3 is 1.09 bits per heavy atom. The van der Waals surface area contributed by atoms with Gasteiger partial charge in [0.15, 0.2) is 0 Å². The van der Waals surface area contributed by atoms with Crippen molar-refractivity contribution >= 4 is 51.7 Å². The van der Waals surface area contributed by atoms with Crippen molar-refractivity contribution in [3.8, 4) is 0 Å². The molecule has 0 amide bonds. The molecule has 1 heterocycles. The van der Waals surface area contributed by atoms with Crippen LogP contribution in [0, 0.1) is 0 Å². The minimum atomic E-state index is -1.56. The summed E-state index contributed by atoms with van der Waals surface area (Å²) in [4.78, 5) is 0. The van der Waals surface area contributed by atoms with Gasteiger partial charge in [-0.2, -0.15) is 0 Å². The van der Waals surface area contributed by atoms with Crippen LogP contribution in [0.3, 0.4) is 0 Å². The first kappa shape index (κ1) is 30.1. The first-order chi connectivity index (χ1) is 14.9. The molecule has 0 saturated carbocycles. The Morgan fingerprint density at radius 2 is 0.879 bits per heavy atom. The fourth-order valence-electron chi connectivity index (χ4n) is 6.02. The van der Waals surface area contributed by atoms with Crippen molar-refractivity contribution in [3.63, 3.8) is 0 Å². The standard InChI is InChI=1S/C26H52N2P2Si2.Sn/c1-21(2)29(22(3)4,27-31(9,10)11)19-25-17-15-16-18-26(25)20-30(23(5)6,24(7)8)28-32(12,13)14;/h15-24H,1-14H3;. The molecule has 33 heavy (non-hydrogen) atoms. The number of hydrogen-bond donors (Lipinski definition) is 0. The summed E-state index contributed by atoms with van der Waals surface area (Å²) in [6, 6.07) is 9.67. The Kier molecular flexibility index (Phi) is 9.79. The van der Waals surface area contributed by atoms with E-state index in [0.717, 1.165) is 7.35 Å². The van der Waals surface area contributed by atoms with Gasteiger partial charge in [-0.1, -0.05) is 0 Å². The number of hydrogen-bond acceptors (Lipinski definition) is 2. The summed E-state index contributed by atoms with van der Waals surface area (Å²) in [5.74, 6) is 0. The maximum atomic E-state index is 5.98. The SMILES string of the molecule is CC(C)P(=N[Si](C)(C)C)(C(C)C)[C@H]1[Sn][C@H](P(=N[Si](C)(C)C)(C(C)C)C(C)C)c2ccccc21. The molecule has 0 unspecified atom stereocenters. The van der Waals surface area contributed by atoms with Crippen molar-refractivity contribution in [2.24, 2.45) is 8.82 Å². The zero-order valence-electron chi connectivity index (χ0n) is 24.1. The third kappa shape index (κ3) is 6.08. The summed E-state index contributed by atoms with van der Waals surface area (Å²) in [7, 11) is -6.15. The van der Waals surface area contributed by atoms with Crippen molar-refractivity contribution in [3.05, 3.63) is 35.4 Å². The van der Waals surface area contributed by atoms with Crippen molar-refractivity contribution in [1.29, 1.82) is 0 Å². The normalized spacial score (nSPS) is 20.2. The third-order valence-electron chi connectivity index (χ3n) is 6.98. The summed E-state index contributed by atoms with van der Waals surface area (Å²) < 4.78 is 13.5. The fraction of sp³-hybridized carbons (Fsp3) is 0.769. The van der Waals surface area contributed by atoms with E-state index in [9.17, 15) is 0 Å². The quantitative estimate of drug-likeness (QED) is 0.202. The van der Waals surface area contributed by atoms with E-state index in [2.05, 4.69) is 119 Å². The summed E-state index contributed by atoms with van der Waals surface area (Å²) in [6.07, 6.45) is 0. The Bertz CT molecular complexity index is 841. The van der Waals surface area contributed by atoms with Crippen LogP contribution in [0.4, 0.5) is 0 Å². The van der Waals surface area contributed by atoms with Gasteiger partial charge >= 0.3 is 221 Å². The number of rotatable bonds is 8. The summed E-state index contributed by atoms with van der Waals surface area (Å²) in [5.41, 5.74) is 6.10. The first-order valence-electron chi connectivity index (χ1n) is 13.0. The predicted octanol–water partition coefficient (Wildman–Crippen LogP) is 10.1. The molecule has 0 fully saturated rings. The predicted molar refractivity (Wildman–Crippen MR) is 164 cm³/mol. The van der Waals surface area contributed by atoms with Crippen LogP contribution in [0.2, 0.25) is 39.3 Å². The van der Waals surface area contributed by atoms with E-state index in [-0.39, 0.29) is 0 Å². The zero-order chi connectivity index (χ0) is 25.6. The molecule has 2 rings (SSSR count). The van der Waals surface area contributed by atoms with Gasteiger partial charge in [-0.25, -0.2) is 0 Å². The van der Waals surface area contributed by atoms with Gasteiger partial charge in [0, 0.05) is 0 Å². The van der Waals surface area contributed by atoms with Gasteiger partial charge in [-0.05, 0) is 0 Å². The molecule has 1 aliphatic rings. The van der Waals surface area contributed by atoms with Crippen LogP contribution < -0.4 is 0 Å². The van der Waals surface area contributed by atoms with Crippen molar-refractivity contribution < 1.29 is 0 Å². The first-order valence-corrected chi connectivity index (χ1v) is 27.1. The Morgan fingerprint density at radius 1 is 0.606 bits per heavy atom. The van der Waals surface area contributed by atoms with Gasteiger partial charge in [0.05, 0.1) is 0 Å². The molecule has 188 valence electrons. The molecule has 2 nitrogen and oxygen atoms in total. The number of nitrogens with zero attached hydrogens (tertiary/aromatic N) is 2. The van der Waals surface area contributed by atoms with Crippen LogP contribution in [-0.4, -0.2) is 60.2 Å². The summed E-state index contributed by atoms with van der Waals surface area (Å²) in [5, 5.41) is 0. The molecule has 1 aromatic carbocycles. The molecular formula is C26H52N2P2Si2Sn. The van der Waals surface area contributed by atoms with Crippen LogP contribution in [0.15, 0.2) is 33.1 Å². The van der Waals surface area contributed by atoms with Crippen LogP contribution >= 0.6 is 14.1 Å². The monoisotopic (exact) mass is 630 g/mol. The van der Waals surface area contributed by atoms with Crippen molar-refractivity contribution in [1.82, 2.24) is 0 Å². The van der Waals surface area contributed by atoms with Crippen LogP contribution in [-0.2, 0) is 0 Å².